The Kier molecular flexibility index (Phi) is 6.95. The fourth-order valence-electron chi connectivity index (χ4n) is 2.18. The molecule has 0 bridgehead atoms. The molecule has 102 valence electrons. The molecule has 0 aromatic heterocycles. The van der Waals surface area contributed by atoms with Gasteiger partial charge in [0.1, 0.15) is 0 Å². The maximum absolute atomic E-state index is 3.59. The van der Waals surface area contributed by atoms with E-state index in [0.29, 0.717) is 0 Å². The van der Waals surface area contributed by atoms with E-state index in [0.717, 1.165) is 19.0 Å². The molecule has 0 spiro atoms. The van der Waals surface area contributed by atoms with E-state index in [1.54, 1.807) is 0 Å². The molecular formula is C16H26BrN. The molecule has 1 atom stereocenters. The fraction of sp³-hybridized carbons (Fsp3) is 0.625. The van der Waals surface area contributed by atoms with Crippen LogP contribution in [0.3, 0.4) is 0 Å². The SMILES string of the molecule is CCNCCC(C)CCc1cc(C)c(Br)cc1C. The zero-order valence-corrected chi connectivity index (χ0v) is 13.7. The van der Waals surface area contributed by atoms with Crippen molar-refractivity contribution in [2.75, 3.05) is 13.1 Å². The number of halogens is 1. The van der Waals surface area contributed by atoms with E-state index >= 15 is 0 Å². The third-order valence-corrected chi connectivity index (χ3v) is 4.44. The molecule has 1 N–H and O–H groups in total. The van der Waals surface area contributed by atoms with Crippen LogP contribution in [-0.2, 0) is 6.42 Å². The molecule has 0 saturated heterocycles. The molecule has 1 nitrogen and oxygen atoms in total. The average molecular weight is 312 g/mol. The molecule has 1 aromatic rings. The van der Waals surface area contributed by atoms with Gasteiger partial charge in [0.2, 0.25) is 0 Å². The molecule has 18 heavy (non-hydrogen) atoms. The highest BCUT2D eigenvalue weighted by Crippen LogP contribution is 2.23. The van der Waals surface area contributed by atoms with Crippen LogP contribution in [0.2, 0.25) is 0 Å². The Morgan fingerprint density at radius 1 is 1.17 bits per heavy atom. The Morgan fingerprint density at radius 3 is 2.56 bits per heavy atom. The summed E-state index contributed by atoms with van der Waals surface area (Å²) in [5.74, 6) is 0.799. The number of aryl methyl sites for hydroxylation is 3. The molecule has 1 rings (SSSR count). The first-order chi connectivity index (χ1) is 8.54. The predicted molar refractivity (Wildman–Crippen MR) is 84.3 cm³/mol. The van der Waals surface area contributed by atoms with E-state index in [1.165, 1.54) is 40.4 Å². The van der Waals surface area contributed by atoms with Crippen molar-refractivity contribution in [3.05, 3.63) is 33.3 Å². The quantitative estimate of drug-likeness (QED) is 0.724. The second-order valence-corrected chi connectivity index (χ2v) is 6.17. The van der Waals surface area contributed by atoms with Crippen LogP contribution in [0.5, 0.6) is 0 Å². The van der Waals surface area contributed by atoms with E-state index in [4.69, 9.17) is 0 Å². The van der Waals surface area contributed by atoms with Crippen molar-refractivity contribution in [2.45, 2.75) is 47.0 Å². The zero-order valence-electron chi connectivity index (χ0n) is 12.1. The Morgan fingerprint density at radius 2 is 1.89 bits per heavy atom. The molecule has 0 radical (unpaired) electrons. The van der Waals surface area contributed by atoms with Gasteiger partial charge in [0.25, 0.3) is 0 Å². The summed E-state index contributed by atoms with van der Waals surface area (Å²) in [6.07, 6.45) is 3.77. The summed E-state index contributed by atoms with van der Waals surface area (Å²) in [7, 11) is 0. The van der Waals surface area contributed by atoms with Gasteiger partial charge in [-0.3, -0.25) is 0 Å². The zero-order chi connectivity index (χ0) is 13.5. The lowest BCUT2D eigenvalue weighted by atomic mass is 9.95. The lowest BCUT2D eigenvalue weighted by Gasteiger charge is -2.14. The summed E-state index contributed by atoms with van der Waals surface area (Å²) in [5, 5.41) is 3.40. The molecule has 2 heteroatoms. The number of benzene rings is 1. The van der Waals surface area contributed by atoms with Gasteiger partial charge in [-0.1, -0.05) is 35.8 Å². The van der Waals surface area contributed by atoms with E-state index in [2.05, 4.69) is 61.1 Å². The third-order valence-electron chi connectivity index (χ3n) is 3.59. The monoisotopic (exact) mass is 311 g/mol. The molecular weight excluding hydrogens is 286 g/mol. The Labute approximate surface area is 120 Å². The lowest BCUT2D eigenvalue weighted by molar-refractivity contribution is 0.474. The molecule has 0 heterocycles. The first kappa shape index (κ1) is 15.7. The summed E-state index contributed by atoms with van der Waals surface area (Å²) < 4.78 is 1.23. The number of rotatable bonds is 7. The average Bonchev–Trinajstić information content (AvgIpc) is 2.32. The minimum Gasteiger partial charge on any atom is -0.317 e. The standard InChI is InChI=1S/C16H26BrN/c1-5-18-9-8-12(2)6-7-15-10-14(4)16(17)11-13(15)3/h10-12,18H,5-9H2,1-4H3. The second kappa shape index (κ2) is 7.96. The predicted octanol–water partition coefficient (Wildman–Crippen LogP) is 4.63. The van der Waals surface area contributed by atoms with Crippen LogP contribution in [0.1, 0.15) is 43.4 Å². The van der Waals surface area contributed by atoms with Gasteiger partial charge in [0.15, 0.2) is 0 Å². The topological polar surface area (TPSA) is 12.0 Å². The summed E-state index contributed by atoms with van der Waals surface area (Å²) in [6.45, 7) is 11.1. The van der Waals surface area contributed by atoms with Gasteiger partial charge in [0.05, 0.1) is 0 Å². The number of nitrogens with one attached hydrogen (secondary N) is 1. The summed E-state index contributed by atoms with van der Waals surface area (Å²) in [4.78, 5) is 0. The highest BCUT2D eigenvalue weighted by Gasteiger charge is 2.06. The normalized spacial score (nSPS) is 12.7. The van der Waals surface area contributed by atoms with Gasteiger partial charge in [-0.2, -0.15) is 0 Å². The minimum atomic E-state index is 0.799. The van der Waals surface area contributed by atoms with Crippen LogP contribution in [0.15, 0.2) is 16.6 Å². The molecule has 1 aromatic carbocycles. The minimum absolute atomic E-state index is 0.799. The second-order valence-electron chi connectivity index (χ2n) is 5.31. The van der Waals surface area contributed by atoms with Gasteiger partial charge in [0, 0.05) is 4.47 Å². The highest BCUT2D eigenvalue weighted by atomic mass is 79.9. The van der Waals surface area contributed by atoms with E-state index in [9.17, 15) is 0 Å². The largest absolute Gasteiger partial charge is 0.317 e. The summed E-state index contributed by atoms with van der Waals surface area (Å²) in [6, 6.07) is 4.57. The Bertz CT molecular complexity index is 374. The Balaban J connectivity index is 2.45. The molecule has 0 aliphatic heterocycles. The third kappa shape index (κ3) is 5.11. The van der Waals surface area contributed by atoms with E-state index in [-0.39, 0.29) is 0 Å². The molecule has 0 saturated carbocycles. The first-order valence-electron chi connectivity index (χ1n) is 7.01. The van der Waals surface area contributed by atoms with Crippen LogP contribution in [0.4, 0.5) is 0 Å². The van der Waals surface area contributed by atoms with Gasteiger partial charge in [-0.05, 0) is 74.9 Å². The fourth-order valence-corrected chi connectivity index (χ4v) is 2.64. The smallest absolute Gasteiger partial charge is 0.0207 e. The maximum atomic E-state index is 3.59. The van der Waals surface area contributed by atoms with Crippen molar-refractivity contribution in [1.82, 2.24) is 5.32 Å². The van der Waals surface area contributed by atoms with Gasteiger partial charge >= 0.3 is 0 Å². The maximum Gasteiger partial charge on any atom is 0.0207 e. The van der Waals surface area contributed by atoms with Crippen molar-refractivity contribution in [2.24, 2.45) is 5.92 Å². The molecule has 1 unspecified atom stereocenters. The molecule has 0 amide bonds. The van der Waals surface area contributed by atoms with E-state index < -0.39 is 0 Å². The first-order valence-corrected chi connectivity index (χ1v) is 7.80. The Hall–Kier alpha value is -0.340. The lowest BCUT2D eigenvalue weighted by Crippen LogP contribution is -2.16. The van der Waals surface area contributed by atoms with Crippen LogP contribution in [0, 0.1) is 19.8 Å². The van der Waals surface area contributed by atoms with Crippen molar-refractivity contribution in [3.8, 4) is 0 Å². The van der Waals surface area contributed by atoms with E-state index in [1.807, 2.05) is 0 Å². The number of hydrogen-bond donors (Lipinski definition) is 1. The highest BCUT2D eigenvalue weighted by molar-refractivity contribution is 9.10. The van der Waals surface area contributed by atoms with Gasteiger partial charge in [-0.15, -0.1) is 0 Å². The number of hydrogen-bond acceptors (Lipinski definition) is 1. The van der Waals surface area contributed by atoms with Crippen LogP contribution in [0.25, 0.3) is 0 Å². The summed E-state index contributed by atoms with van der Waals surface area (Å²) >= 11 is 3.59. The van der Waals surface area contributed by atoms with Crippen molar-refractivity contribution < 1.29 is 0 Å². The van der Waals surface area contributed by atoms with Crippen molar-refractivity contribution >= 4 is 15.9 Å². The van der Waals surface area contributed by atoms with Crippen molar-refractivity contribution in [3.63, 3.8) is 0 Å². The van der Waals surface area contributed by atoms with Gasteiger partial charge < -0.3 is 5.32 Å². The summed E-state index contributed by atoms with van der Waals surface area (Å²) in [5.41, 5.74) is 4.26. The van der Waals surface area contributed by atoms with Crippen molar-refractivity contribution in [1.29, 1.82) is 0 Å². The molecule has 0 aliphatic rings. The molecule has 0 fully saturated rings. The molecule has 0 aliphatic carbocycles. The van der Waals surface area contributed by atoms with Crippen LogP contribution >= 0.6 is 15.9 Å². The van der Waals surface area contributed by atoms with Crippen LogP contribution < -0.4 is 5.32 Å². The van der Waals surface area contributed by atoms with Gasteiger partial charge in [-0.25, -0.2) is 0 Å². The van der Waals surface area contributed by atoms with Crippen LogP contribution in [-0.4, -0.2) is 13.1 Å².